The number of nitrogens with zero attached hydrogens (tertiary/aromatic N) is 1. The average molecular weight is 306 g/mol. The summed E-state index contributed by atoms with van der Waals surface area (Å²) in [5, 5.41) is 3.26. The normalized spacial score (nSPS) is 10.5. The monoisotopic (exact) mass is 306 g/mol. The van der Waals surface area contributed by atoms with Crippen molar-refractivity contribution >= 4 is 11.8 Å². The third-order valence-electron chi connectivity index (χ3n) is 3.54. The van der Waals surface area contributed by atoms with Gasteiger partial charge in [-0.15, -0.1) is 0 Å². The lowest BCUT2D eigenvalue weighted by Gasteiger charge is -2.07. The lowest BCUT2D eigenvalue weighted by atomic mass is 10.1. The van der Waals surface area contributed by atoms with Gasteiger partial charge in [0, 0.05) is 12.1 Å². The maximum Gasteiger partial charge on any atom is 0.342 e. The molecule has 0 saturated heterocycles. The van der Waals surface area contributed by atoms with Crippen molar-refractivity contribution in [1.82, 2.24) is 4.98 Å². The molecule has 0 radical (unpaired) electrons. The molecule has 1 aromatic carbocycles. The van der Waals surface area contributed by atoms with Crippen LogP contribution in [0.15, 0.2) is 60.7 Å². The third kappa shape index (κ3) is 3.31. The molecule has 0 fully saturated rings. The third-order valence-corrected chi connectivity index (χ3v) is 3.54. The van der Waals surface area contributed by atoms with E-state index in [-0.39, 0.29) is 5.97 Å². The van der Waals surface area contributed by atoms with Gasteiger partial charge in [-0.3, -0.25) is 0 Å². The fourth-order valence-corrected chi connectivity index (χ4v) is 2.47. The van der Waals surface area contributed by atoms with Crippen molar-refractivity contribution in [1.29, 1.82) is 0 Å². The van der Waals surface area contributed by atoms with Gasteiger partial charge in [0.15, 0.2) is 0 Å². The number of anilines is 1. The fourth-order valence-electron chi connectivity index (χ4n) is 2.47. The number of carbonyl (C=O) groups is 1. The Balaban J connectivity index is 1.96. The summed E-state index contributed by atoms with van der Waals surface area (Å²) in [6.07, 6.45) is 0. The van der Waals surface area contributed by atoms with E-state index in [9.17, 15) is 4.79 Å². The summed E-state index contributed by atoms with van der Waals surface area (Å²) in [6, 6.07) is 19.5. The van der Waals surface area contributed by atoms with Crippen molar-refractivity contribution in [3.63, 3.8) is 0 Å². The molecule has 1 aliphatic carbocycles. The molecule has 4 heteroatoms. The number of fused-ring (bicyclic) bond motifs is 1. The summed E-state index contributed by atoms with van der Waals surface area (Å²) in [7, 11) is 0. The summed E-state index contributed by atoms with van der Waals surface area (Å²) in [4.78, 5) is 16.9. The molecular weight excluding hydrogens is 288 g/mol. The number of carbonyl (C=O) groups excluding carboxylic acids is 1. The number of aromatic nitrogens is 1. The first-order valence-electron chi connectivity index (χ1n) is 7.63. The molecule has 3 rings (SSSR count). The quantitative estimate of drug-likeness (QED) is 0.725. The predicted molar refractivity (Wildman–Crippen MR) is 90.6 cm³/mol. The Bertz CT molecular complexity index is 772. The van der Waals surface area contributed by atoms with Gasteiger partial charge >= 0.3 is 5.97 Å². The van der Waals surface area contributed by atoms with Gasteiger partial charge in [0.05, 0.1) is 12.3 Å². The van der Waals surface area contributed by atoms with Gasteiger partial charge in [0.25, 0.3) is 0 Å². The lowest BCUT2D eigenvalue weighted by molar-refractivity contribution is 0.0528. The Kier molecular flexibility index (Phi) is 4.52. The number of benzene rings is 1. The summed E-state index contributed by atoms with van der Waals surface area (Å²) >= 11 is 0. The van der Waals surface area contributed by atoms with Crippen molar-refractivity contribution in [3.8, 4) is 11.3 Å². The molecule has 0 atom stereocenters. The molecule has 1 heterocycles. The van der Waals surface area contributed by atoms with Crippen molar-refractivity contribution in [2.75, 3.05) is 11.9 Å². The molecule has 2 aliphatic rings. The first-order chi connectivity index (χ1) is 11.3. The Labute approximate surface area is 135 Å². The summed E-state index contributed by atoms with van der Waals surface area (Å²) in [5.41, 5.74) is 3.19. The van der Waals surface area contributed by atoms with Crippen LogP contribution in [0.4, 0.5) is 5.82 Å². The van der Waals surface area contributed by atoms with E-state index in [0.717, 1.165) is 16.8 Å². The minimum Gasteiger partial charge on any atom is -0.462 e. The second-order valence-corrected chi connectivity index (χ2v) is 5.10. The molecule has 1 N–H and O–H groups in total. The standard InChI is InChI=1S/C19H18N2O2/c1-2-23-19(22)17-15-11-7-4-8-12-16(15)21-18(17)20-13-14-9-5-3-6-10-14/h3-12H,2,13H2,1H3,(H,20,21). The maximum atomic E-state index is 12.4. The summed E-state index contributed by atoms with van der Waals surface area (Å²) in [5.74, 6) is 0.213. The van der Waals surface area contributed by atoms with Crippen molar-refractivity contribution in [2.45, 2.75) is 13.5 Å². The van der Waals surface area contributed by atoms with Crippen LogP contribution in [0.25, 0.3) is 11.3 Å². The SMILES string of the molecule is CCOC(=O)c1c2cccccc-2nc1NCc1ccccc1. The highest BCUT2D eigenvalue weighted by Crippen LogP contribution is 2.32. The van der Waals surface area contributed by atoms with Gasteiger partial charge in [-0.1, -0.05) is 54.6 Å². The largest absolute Gasteiger partial charge is 0.462 e. The van der Waals surface area contributed by atoms with E-state index in [4.69, 9.17) is 4.74 Å². The number of rotatable bonds is 5. The van der Waals surface area contributed by atoms with Crippen LogP contribution in [0, 0.1) is 0 Å². The van der Waals surface area contributed by atoms with Crippen LogP contribution in [0.1, 0.15) is 22.8 Å². The number of hydrogen-bond acceptors (Lipinski definition) is 4. The first kappa shape index (κ1) is 15.0. The smallest absolute Gasteiger partial charge is 0.342 e. The van der Waals surface area contributed by atoms with E-state index in [2.05, 4.69) is 10.3 Å². The van der Waals surface area contributed by atoms with Gasteiger partial charge in [0.2, 0.25) is 0 Å². The Morgan fingerprint density at radius 1 is 1.04 bits per heavy atom. The topological polar surface area (TPSA) is 51.2 Å². The molecule has 116 valence electrons. The van der Waals surface area contributed by atoms with Gasteiger partial charge in [-0.2, -0.15) is 0 Å². The van der Waals surface area contributed by atoms with E-state index in [1.54, 1.807) is 6.92 Å². The van der Waals surface area contributed by atoms with Crippen molar-refractivity contribution in [3.05, 3.63) is 71.8 Å². The van der Waals surface area contributed by atoms with Crippen molar-refractivity contribution < 1.29 is 9.53 Å². The van der Waals surface area contributed by atoms with Crippen LogP contribution in [-0.4, -0.2) is 17.6 Å². The number of nitrogens with one attached hydrogen (secondary N) is 1. The molecule has 0 bridgehead atoms. The molecule has 0 amide bonds. The number of esters is 1. The van der Waals surface area contributed by atoms with Crippen molar-refractivity contribution in [2.24, 2.45) is 0 Å². The highest BCUT2D eigenvalue weighted by atomic mass is 16.5. The molecule has 0 saturated carbocycles. The molecule has 0 spiro atoms. The van der Waals surface area contributed by atoms with E-state index in [1.165, 1.54) is 0 Å². The van der Waals surface area contributed by atoms with Crippen LogP contribution < -0.4 is 5.32 Å². The van der Waals surface area contributed by atoms with E-state index in [0.29, 0.717) is 24.5 Å². The van der Waals surface area contributed by atoms with Crippen LogP contribution in [-0.2, 0) is 11.3 Å². The van der Waals surface area contributed by atoms with Gasteiger partial charge in [0.1, 0.15) is 11.4 Å². The molecular formula is C19H18N2O2. The first-order valence-corrected chi connectivity index (χ1v) is 7.63. The molecule has 1 aromatic rings. The Morgan fingerprint density at radius 3 is 2.48 bits per heavy atom. The zero-order valence-corrected chi connectivity index (χ0v) is 13.0. The van der Waals surface area contributed by atoms with E-state index < -0.39 is 0 Å². The molecule has 1 aliphatic heterocycles. The van der Waals surface area contributed by atoms with Crippen LogP contribution in [0.2, 0.25) is 0 Å². The minimum absolute atomic E-state index is 0.336. The van der Waals surface area contributed by atoms with Crippen LogP contribution >= 0.6 is 0 Å². The number of hydrogen-bond donors (Lipinski definition) is 1. The van der Waals surface area contributed by atoms with Gasteiger partial charge in [-0.05, 0) is 18.6 Å². The maximum absolute atomic E-state index is 12.4. The number of ether oxygens (including phenoxy) is 1. The molecule has 4 nitrogen and oxygen atoms in total. The Morgan fingerprint density at radius 2 is 1.74 bits per heavy atom. The molecule has 0 unspecified atom stereocenters. The second kappa shape index (κ2) is 6.92. The fraction of sp³-hybridized carbons (Fsp3) is 0.158. The zero-order valence-electron chi connectivity index (χ0n) is 13.0. The van der Waals surface area contributed by atoms with Gasteiger partial charge in [-0.25, -0.2) is 9.78 Å². The second-order valence-electron chi connectivity index (χ2n) is 5.10. The van der Waals surface area contributed by atoms with E-state index in [1.807, 2.05) is 60.7 Å². The minimum atomic E-state index is -0.350. The van der Waals surface area contributed by atoms with E-state index >= 15 is 0 Å². The Hall–Kier alpha value is -2.88. The van der Waals surface area contributed by atoms with Gasteiger partial charge < -0.3 is 10.1 Å². The molecule has 0 aromatic heterocycles. The highest BCUT2D eigenvalue weighted by Gasteiger charge is 2.23. The zero-order chi connectivity index (χ0) is 16.1. The summed E-state index contributed by atoms with van der Waals surface area (Å²) in [6.45, 7) is 2.73. The predicted octanol–water partition coefficient (Wildman–Crippen LogP) is 3.98. The van der Waals surface area contributed by atoms with Crippen LogP contribution in [0.3, 0.4) is 0 Å². The molecule has 23 heavy (non-hydrogen) atoms. The summed E-state index contributed by atoms with van der Waals surface area (Å²) < 4.78 is 5.20. The lowest BCUT2D eigenvalue weighted by Crippen LogP contribution is -2.09. The average Bonchev–Trinajstić information content (AvgIpc) is 2.76. The van der Waals surface area contributed by atoms with Crippen LogP contribution in [0.5, 0.6) is 0 Å². The highest BCUT2D eigenvalue weighted by molar-refractivity contribution is 6.03.